The Kier molecular flexibility index (Phi) is 5.46. The van der Waals surface area contributed by atoms with Gasteiger partial charge in [0.25, 0.3) is 0 Å². The Bertz CT molecular complexity index is 667. The fourth-order valence-electron chi connectivity index (χ4n) is 2.16. The molecule has 1 aromatic carbocycles. The van der Waals surface area contributed by atoms with Gasteiger partial charge >= 0.3 is 6.03 Å². The summed E-state index contributed by atoms with van der Waals surface area (Å²) in [6.45, 7) is 4.34. The van der Waals surface area contributed by atoms with Crippen molar-refractivity contribution in [3.05, 3.63) is 36.0 Å². The number of benzene rings is 1. The molecular formula is C16H22N4O3. The molecule has 0 aliphatic carbocycles. The molecular weight excluding hydrogens is 296 g/mol. The van der Waals surface area contributed by atoms with Crippen molar-refractivity contribution in [2.24, 2.45) is 0 Å². The first-order chi connectivity index (χ1) is 11.0. The number of carbonyl (C=O) groups is 1. The van der Waals surface area contributed by atoms with Crippen LogP contribution in [0.4, 0.5) is 10.6 Å². The molecule has 0 fully saturated rings. The van der Waals surface area contributed by atoms with Crippen LogP contribution in [0.5, 0.6) is 11.5 Å². The number of carbonyl (C=O) groups excluding carboxylic acids is 1. The highest BCUT2D eigenvalue weighted by Crippen LogP contribution is 2.24. The molecule has 2 aromatic rings. The molecule has 23 heavy (non-hydrogen) atoms. The van der Waals surface area contributed by atoms with Gasteiger partial charge in [-0.3, -0.25) is 5.32 Å². The first kappa shape index (κ1) is 16.7. The molecule has 1 aromatic heterocycles. The van der Waals surface area contributed by atoms with Crippen LogP contribution >= 0.6 is 0 Å². The molecule has 7 nitrogen and oxygen atoms in total. The second-order valence-electron chi connectivity index (χ2n) is 5.24. The topological polar surface area (TPSA) is 77.4 Å². The minimum absolute atomic E-state index is 0.169. The van der Waals surface area contributed by atoms with Gasteiger partial charge in [0, 0.05) is 30.3 Å². The molecule has 0 radical (unpaired) electrons. The molecule has 7 heteroatoms. The van der Waals surface area contributed by atoms with Gasteiger partial charge in [0.2, 0.25) is 0 Å². The Morgan fingerprint density at radius 3 is 2.70 bits per heavy atom. The van der Waals surface area contributed by atoms with E-state index in [1.54, 1.807) is 37.2 Å². The van der Waals surface area contributed by atoms with Gasteiger partial charge in [0.05, 0.1) is 20.4 Å². The predicted molar refractivity (Wildman–Crippen MR) is 88.0 cm³/mol. The molecule has 0 spiro atoms. The maximum absolute atomic E-state index is 12.1. The summed E-state index contributed by atoms with van der Waals surface area (Å²) in [5.41, 5.74) is 0.862. The predicted octanol–water partition coefficient (Wildman–Crippen LogP) is 2.80. The van der Waals surface area contributed by atoms with Gasteiger partial charge in [-0.25, -0.2) is 9.48 Å². The van der Waals surface area contributed by atoms with Crippen LogP contribution in [0.1, 0.15) is 25.5 Å². The van der Waals surface area contributed by atoms with Crippen LogP contribution in [0, 0.1) is 0 Å². The second kappa shape index (κ2) is 7.53. The Morgan fingerprint density at radius 2 is 2.04 bits per heavy atom. The number of anilines is 1. The minimum atomic E-state index is -0.301. The van der Waals surface area contributed by atoms with E-state index in [-0.39, 0.29) is 12.1 Å². The van der Waals surface area contributed by atoms with Crippen molar-refractivity contribution < 1.29 is 14.3 Å². The molecule has 0 aliphatic heterocycles. The zero-order valence-electron chi connectivity index (χ0n) is 13.8. The lowest BCUT2D eigenvalue weighted by molar-refractivity contribution is 0.251. The average Bonchev–Trinajstić information content (AvgIpc) is 3.01. The number of methoxy groups -OCH3 is 2. The standard InChI is InChI=1S/C16H22N4O3/c1-11(2)20-15(7-8-18-20)19-16(21)17-10-12-5-6-13(22-3)9-14(12)23-4/h5-9,11H,10H2,1-4H3,(H2,17,19,21). The van der Waals surface area contributed by atoms with Crippen molar-refractivity contribution >= 4 is 11.8 Å². The van der Waals surface area contributed by atoms with Gasteiger partial charge in [-0.15, -0.1) is 0 Å². The van der Waals surface area contributed by atoms with Gasteiger partial charge < -0.3 is 14.8 Å². The van der Waals surface area contributed by atoms with Crippen LogP contribution in [0.15, 0.2) is 30.5 Å². The summed E-state index contributed by atoms with van der Waals surface area (Å²) in [6, 6.07) is 7.09. The third-order valence-corrected chi connectivity index (χ3v) is 3.33. The van der Waals surface area contributed by atoms with E-state index in [0.717, 1.165) is 5.56 Å². The van der Waals surface area contributed by atoms with Crippen LogP contribution < -0.4 is 20.1 Å². The lowest BCUT2D eigenvalue weighted by Gasteiger charge is -2.14. The number of aromatic nitrogens is 2. The van der Waals surface area contributed by atoms with Crippen LogP contribution in [0.3, 0.4) is 0 Å². The molecule has 2 N–H and O–H groups in total. The summed E-state index contributed by atoms with van der Waals surface area (Å²) in [5.74, 6) is 2.02. The lowest BCUT2D eigenvalue weighted by Crippen LogP contribution is -2.29. The number of amides is 2. The third-order valence-electron chi connectivity index (χ3n) is 3.33. The molecule has 0 aliphatic rings. The zero-order chi connectivity index (χ0) is 16.8. The van der Waals surface area contributed by atoms with Crippen molar-refractivity contribution in [2.75, 3.05) is 19.5 Å². The maximum Gasteiger partial charge on any atom is 0.320 e. The van der Waals surface area contributed by atoms with E-state index in [2.05, 4.69) is 15.7 Å². The quantitative estimate of drug-likeness (QED) is 0.858. The van der Waals surface area contributed by atoms with Crippen molar-refractivity contribution in [3.8, 4) is 11.5 Å². The molecule has 0 saturated carbocycles. The van der Waals surface area contributed by atoms with E-state index < -0.39 is 0 Å². The minimum Gasteiger partial charge on any atom is -0.497 e. The molecule has 1 heterocycles. The van der Waals surface area contributed by atoms with Gasteiger partial charge in [0.1, 0.15) is 17.3 Å². The highest BCUT2D eigenvalue weighted by atomic mass is 16.5. The van der Waals surface area contributed by atoms with Crippen molar-refractivity contribution in [3.63, 3.8) is 0 Å². The van der Waals surface area contributed by atoms with Gasteiger partial charge in [-0.05, 0) is 26.0 Å². The van der Waals surface area contributed by atoms with E-state index in [1.807, 2.05) is 26.0 Å². The van der Waals surface area contributed by atoms with E-state index >= 15 is 0 Å². The molecule has 0 bridgehead atoms. The summed E-state index contributed by atoms with van der Waals surface area (Å²) < 4.78 is 12.2. The van der Waals surface area contributed by atoms with E-state index in [0.29, 0.717) is 23.9 Å². The number of ether oxygens (including phenoxy) is 2. The Labute approximate surface area is 135 Å². The van der Waals surface area contributed by atoms with Crippen molar-refractivity contribution in [1.82, 2.24) is 15.1 Å². The van der Waals surface area contributed by atoms with Crippen molar-refractivity contribution in [1.29, 1.82) is 0 Å². The molecule has 124 valence electrons. The van der Waals surface area contributed by atoms with Gasteiger partial charge in [0.15, 0.2) is 0 Å². The average molecular weight is 318 g/mol. The second-order valence-corrected chi connectivity index (χ2v) is 5.24. The molecule has 2 amide bonds. The van der Waals surface area contributed by atoms with Gasteiger partial charge in [-0.2, -0.15) is 5.10 Å². The number of urea groups is 1. The summed E-state index contributed by atoms with van der Waals surface area (Å²) in [7, 11) is 3.18. The first-order valence-corrected chi connectivity index (χ1v) is 7.34. The fraction of sp³-hybridized carbons (Fsp3) is 0.375. The van der Waals surface area contributed by atoms with Crippen molar-refractivity contribution in [2.45, 2.75) is 26.4 Å². The SMILES string of the molecule is COc1ccc(CNC(=O)Nc2ccnn2C(C)C)c(OC)c1. The largest absolute Gasteiger partial charge is 0.497 e. The van der Waals surface area contributed by atoms with Gasteiger partial charge in [-0.1, -0.05) is 0 Å². The van der Waals surface area contributed by atoms with E-state index in [1.165, 1.54) is 0 Å². The molecule has 2 rings (SSSR count). The van der Waals surface area contributed by atoms with E-state index in [9.17, 15) is 4.79 Å². The maximum atomic E-state index is 12.1. The Hall–Kier alpha value is -2.70. The number of nitrogens with zero attached hydrogens (tertiary/aromatic N) is 2. The number of rotatable bonds is 6. The highest BCUT2D eigenvalue weighted by molar-refractivity contribution is 5.88. The first-order valence-electron chi connectivity index (χ1n) is 7.34. The smallest absolute Gasteiger partial charge is 0.320 e. The summed E-state index contributed by atoms with van der Waals surface area (Å²) >= 11 is 0. The van der Waals surface area contributed by atoms with Crippen LogP contribution in [-0.4, -0.2) is 30.0 Å². The summed E-state index contributed by atoms with van der Waals surface area (Å²) in [4.78, 5) is 12.1. The fourth-order valence-corrected chi connectivity index (χ4v) is 2.16. The zero-order valence-corrected chi connectivity index (χ0v) is 13.8. The Balaban J connectivity index is 1.98. The summed E-state index contributed by atoms with van der Waals surface area (Å²) in [6.07, 6.45) is 1.65. The monoisotopic (exact) mass is 318 g/mol. The van der Waals surface area contributed by atoms with Crippen LogP contribution in [-0.2, 0) is 6.54 Å². The lowest BCUT2D eigenvalue weighted by atomic mass is 10.2. The number of hydrogen-bond acceptors (Lipinski definition) is 4. The number of hydrogen-bond donors (Lipinski definition) is 2. The van der Waals surface area contributed by atoms with Crippen LogP contribution in [0.25, 0.3) is 0 Å². The Morgan fingerprint density at radius 1 is 1.26 bits per heavy atom. The van der Waals surface area contributed by atoms with E-state index in [4.69, 9.17) is 9.47 Å². The highest BCUT2D eigenvalue weighted by Gasteiger charge is 2.10. The molecule has 0 unspecified atom stereocenters. The molecule has 0 saturated heterocycles. The van der Waals surface area contributed by atoms with Crippen LogP contribution in [0.2, 0.25) is 0 Å². The summed E-state index contributed by atoms with van der Waals surface area (Å²) in [5, 5.41) is 9.76. The number of nitrogens with one attached hydrogen (secondary N) is 2. The third kappa shape index (κ3) is 4.15. The normalized spacial score (nSPS) is 10.5. The molecule has 0 atom stereocenters.